The van der Waals surface area contributed by atoms with Gasteiger partial charge in [-0.3, -0.25) is 14.3 Å². The van der Waals surface area contributed by atoms with Crippen molar-refractivity contribution in [1.29, 1.82) is 0 Å². The molecule has 0 saturated heterocycles. The van der Waals surface area contributed by atoms with Crippen molar-refractivity contribution in [2.45, 2.75) is 40.4 Å². The smallest absolute Gasteiger partial charge is 0.408 e. The second kappa shape index (κ2) is 10.9. The van der Waals surface area contributed by atoms with E-state index in [9.17, 15) is 22.8 Å². The molecule has 0 radical (unpaired) electrons. The van der Waals surface area contributed by atoms with Gasteiger partial charge in [-0.1, -0.05) is 24.3 Å². The van der Waals surface area contributed by atoms with Crippen molar-refractivity contribution < 1.29 is 22.7 Å². The number of nitrogens with zero attached hydrogens (tertiary/aromatic N) is 4. The molecule has 0 aliphatic rings. The molecular formula is C29H30F3N5O3. The largest absolute Gasteiger partial charge is 0.455 e. The molecule has 0 saturated carbocycles. The Morgan fingerprint density at radius 3 is 2.45 bits per heavy atom. The van der Waals surface area contributed by atoms with Crippen LogP contribution in [0.1, 0.15) is 29.3 Å². The molecule has 1 N–H and O–H groups in total. The fourth-order valence-corrected chi connectivity index (χ4v) is 4.61. The number of H-pyrrole nitrogens is 1. The van der Waals surface area contributed by atoms with Crippen molar-refractivity contribution in [3.8, 4) is 17.0 Å². The number of pyridine rings is 1. The number of nitrogens with one attached hydrogen (secondary N) is 1. The molecule has 0 spiro atoms. The Balaban J connectivity index is 1.90. The SMILES string of the molecule is C/C=C(\C(=C/N(C)C=O)Oc1c(C)cccc1C)c1cn(C)c(=O)c2[nH]c(-c3cn(CC(F)(F)F)nc3C)cc12. The normalized spacial score (nSPS) is 12.7. The Labute approximate surface area is 229 Å². The van der Waals surface area contributed by atoms with E-state index in [1.165, 1.54) is 15.7 Å². The Morgan fingerprint density at radius 2 is 1.85 bits per heavy atom. The van der Waals surface area contributed by atoms with Crippen LogP contribution in [-0.2, 0) is 18.4 Å². The number of carbonyl (C=O) groups excluding carboxylic acids is 1. The van der Waals surface area contributed by atoms with Crippen molar-refractivity contribution in [3.05, 3.63) is 87.4 Å². The van der Waals surface area contributed by atoms with Crippen LogP contribution in [-0.4, -0.2) is 43.9 Å². The number of benzene rings is 1. The molecule has 0 bridgehead atoms. The number of rotatable bonds is 8. The quantitative estimate of drug-likeness (QED) is 0.174. The first kappa shape index (κ1) is 28.5. The third-order valence-electron chi connectivity index (χ3n) is 6.49. The molecule has 0 atom stereocenters. The van der Waals surface area contributed by atoms with Gasteiger partial charge >= 0.3 is 6.18 Å². The zero-order valence-corrected chi connectivity index (χ0v) is 23.1. The van der Waals surface area contributed by atoms with Gasteiger partial charge in [-0.25, -0.2) is 0 Å². The fourth-order valence-electron chi connectivity index (χ4n) is 4.61. The molecule has 1 aromatic carbocycles. The highest BCUT2D eigenvalue weighted by atomic mass is 19.4. The first-order valence-corrected chi connectivity index (χ1v) is 12.5. The summed E-state index contributed by atoms with van der Waals surface area (Å²) < 4.78 is 47.6. The number of halogens is 3. The minimum absolute atomic E-state index is 0.271. The summed E-state index contributed by atoms with van der Waals surface area (Å²) in [6.45, 7) is 6.04. The molecule has 4 rings (SSSR count). The zero-order chi connectivity index (χ0) is 29.4. The molecule has 11 heteroatoms. The van der Waals surface area contributed by atoms with Crippen LogP contribution in [0.4, 0.5) is 13.2 Å². The number of carbonyl (C=O) groups is 1. The minimum atomic E-state index is -4.42. The van der Waals surface area contributed by atoms with Gasteiger partial charge < -0.3 is 19.2 Å². The van der Waals surface area contributed by atoms with E-state index in [0.29, 0.717) is 51.4 Å². The highest BCUT2D eigenvalue weighted by Crippen LogP contribution is 2.35. The number of aryl methyl sites for hydroxylation is 4. The first-order valence-electron chi connectivity index (χ1n) is 12.5. The minimum Gasteiger partial charge on any atom is -0.455 e. The summed E-state index contributed by atoms with van der Waals surface area (Å²) in [6.07, 6.45) is 2.57. The summed E-state index contributed by atoms with van der Waals surface area (Å²) in [5.74, 6) is 1.00. The number of para-hydroxylation sites is 1. The lowest BCUT2D eigenvalue weighted by Gasteiger charge is -2.19. The summed E-state index contributed by atoms with van der Waals surface area (Å²) in [4.78, 5) is 29.1. The summed E-state index contributed by atoms with van der Waals surface area (Å²) in [5.41, 5.74) is 4.26. The van der Waals surface area contributed by atoms with Gasteiger partial charge in [0.05, 0.1) is 11.4 Å². The number of hydrogen-bond acceptors (Lipinski definition) is 4. The monoisotopic (exact) mass is 553 g/mol. The highest BCUT2D eigenvalue weighted by molar-refractivity contribution is 5.98. The van der Waals surface area contributed by atoms with Crippen LogP contribution < -0.4 is 10.3 Å². The van der Waals surface area contributed by atoms with Crippen LogP contribution in [0.5, 0.6) is 5.75 Å². The summed E-state index contributed by atoms with van der Waals surface area (Å²) in [6, 6.07) is 7.48. The zero-order valence-electron chi connectivity index (χ0n) is 23.1. The lowest BCUT2D eigenvalue weighted by molar-refractivity contribution is -0.142. The van der Waals surface area contributed by atoms with E-state index >= 15 is 0 Å². The molecule has 1 amide bonds. The molecule has 40 heavy (non-hydrogen) atoms. The highest BCUT2D eigenvalue weighted by Gasteiger charge is 2.29. The van der Waals surface area contributed by atoms with Crippen molar-refractivity contribution in [3.63, 3.8) is 0 Å². The summed E-state index contributed by atoms with van der Waals surface area (Å²) >= 11 is 0. The second-order valence-corrected chi connectivity index (χ2v) is 9.66. The average molecular weight is 554 g/mol. The van der Waals surface area contributed by atoms with E-state index in [1.807, 2.05) is 45.0 Å². The van der Waals surface area contributed by atoms with Gasteiger partial charge in [0, 0.05) is 54.8 Å². The Hall–Kier alpha value is -4.54. The molecule has 3 aromatic heterocycles. The lowest BCUT2D eigenvalue weighted by Crippen LogP contribution is -2.18. The molecule has 8 nitrogen and oxygen atoms in total. The number of alkyl halides is 3. The van der Waals surface area contributed by atoms with Crippen LogP contribution in [0.15, 0.2) is 59.5 Å². The van der Waals surface area contributed by atoms with Gasteiger partial charge in [-0.2, -0.15) is 18.3 Å². The number of hydrogen-bond donors (Lipinski definition) is 1. The van der Waals surface area contributed by atoms with E-state index in [1.54, 1.807) is 39.5 Å². The van der Waals surface area contributed by atoms with E-state index in [2.05, 4.69) is 10.1 Å². The first-order chi connectivity index (χ1) is 18.8. The number of amides is 1. The van der Waals surface area contributed by atoms with Crippen LogP contribution in [0.25, 0.3) is 27.7 Å². The van der Waals surface area contributed by atoms with Crippen molar-refractivity contribution in [1.82, 2.24) is 24.2 Å². The van der Waals surface area contributed by atoms with Gasteiger partial charge in [0.2, 0.25) is 6.41 Å². The van der Waals surface area contributed by atoms with Crippen LogP contribution >= 0.6 is 0 Å². The van der Waals surface area contributed by atoms with Crippen LogP contribution in [0.3, 0.4) is 0 Å². The number of aromatic nitrogens is 4. The topological polar surface area (TPSA) is 85.1 Å². The second-order valence-electron chi connectivity index (χ2n) is 9.66. The molecule has 4 aromatic rings. The number of ether oxygens (including phenoxy) is 1. The maximum Gasteiger partial charge on any atom is 0.408 e. The number of fused-ring (bicyclic) bond motifs is 1. The van der Waals surface area contributed by atoms with Gasteiger partial charge in [-0.15, -0.1) is 0 Å². The van der Waals surface area contributed by atoms with E-state index in [-0.39, 0.29) is 11.1 Å². The molecule has 0 aliphatic carbocycles. The third-order valence-corrected chi connectivity index (χ3v) is 6.49. The van der Waals surface area contributed by atoms with Gasteiger partial charge in [-0.05, 0) is 44.9 Å². The van der Waals surface area contributed by atoms with Crippen molar-refractivity contribution in [2.75, 3.05) is 7.05 Å². The maximum absolute atomic E-state index is 13.1. The van der Waals surface area contributed by atoms with Gasteiger partial charge in [0.25, 0.3) is 5.56 Å². The molecule has 3 heterocycles. The van der Waals surface area contributed by atoms with Crippen molar-refractivity contribution >= 4 is 22.9 Å². The van der Waals surface area contributed by atoms with Gasteiger partial charge in [0.1, 0.15) is 17.8 Å². The Kier molecular flexibility index (Phi) is 7.77. The predicted octanol–water partition coefficient (Wildman–Crippen LogP) is 5.63. The lowest BCUT2D eigenvalue weighted by atomic mass is 10.0. The summed E-state index contributed by atoms with van der Waals surface area (Å²) in [5, 5.41) is 4.54. The maximum atomic E-state index is 13.1. The molecule has 0 unspecified atom stereocenters. The third kappa shape index (κ3) is 5.73. The van der Waals surface area contributed by atoms with Crippen molar-refractivity contribution in [2.24, 2.45) is 7.05 Å². The molecule has 210 valence electrons. The fraction of sp³-hybridized carbons (Fsp3) is 0.276. The molecular weight excluding hydrogens is 523 g/mol. The standard InChI is InChI=1S/C29H30F3N5O3/c1-7-20(25(14-35(5)16-38)40-27-17(2)9-8-10-18(27)3)23-12-36(6)28(39)26-21(23)11-24(33-26)22-13-37(34-19(22)4)15-29(30,31)32/h7-14,16,33H,15H2,1-6H3/b20-7-,25-14+. The Bertz CT molecular complexity index is 1690. The molecule has 0 fully saturated rings. The van der Waals surface area contributed by atoms with E-state index < -0.39 is 12.7 Å². The van der Waals surface area contributed by atoms with Gasteiger partial charge in [0.15, 0.2) is 5.76 Å². The number of aromatic amines is 1. The van der Waals surface area contributed by atoms with Crippen LogP contribution in [0.2, 0.25) is 0 Å². The van der Waals surface area contributed by atoms with E-state index in [4.69, 9.17) is 4.74 Å². The van der Waals surface area contributed by atoms with Crippen LogP contribution in [0, 0.1) is 20.8 Å². The summed E-state index contributed by atoms with van der Waals surface area (Å²) in [7, 11) is 3.19. The number of allylic oxidation sites excluding steroid dienone is 2. The average Bonchev–Trinajstić information content (AvgIpc) is 3.47. The predicted molar refractivity (Wildman–Crippen MR) is 148 cm³/mol. The Morgan fingerprint density at radius 1 is 1.18 bits per heavy atom. The van der Waals surface area contributed by atoms with E-state index in [0.717, 1.165) is 15.8 Å². The molecule has 0 aliphatic heterocycles.